The SMILES string of the molecule is CCCCCCCCCCCCCCCCCCCCCCCCCCCCCC/C=C/C(O)C(COC1OC(CO)C(OC2OC(CO)C(O)C(O)C2O)C(O)C1O)NC(=O)CCCCCCCCC. The number of rotatable bonds is 47. The maximum absolute atomic E-state index is 13.1. The monoisotopic (exact) mass is 1020 g/mol. The number of allylic oxidation sites excluding steroid dienone is 1. The van der Waals surface area contributed by atoms with Gasteiger partial charge in [-0.15, -0.1) is 0 Å². The molecule has 0 aromatic rings. The number of nitrogens with one attached hydrogen (secondary N) is 1. The molecule has 9 N–H and O–H groups in total. The van der Waals surface area contributed by atoms with Crippen LogP contribution < -0.4 is 5.32 Å². The first kappa shape index (κ1) is 65.8. The fraction of sp³-hybridized carbons (Fsp3) is 0.947. The van der Waals surface area contributed by atoms with E-state index >= 15 is 0 Å². The zero-order valence-electron chi connectivity index (χ0n) is 45.0. The minimum Gasteiger partial charge on any atom is -0.394 e. The molecule has 2 rings (SSSR count). The van der Waals surface area contributed by atoms with Crippen molar-refractivity contribution in [1.82, 2.24) is 5.32 Å². The molecule has 1 amide bonds. The molecule has 2 fully saturated rings. The highest BCUT2D eigenvalue weighted by molar-refractivity contribution is 5.76. The van der Waals surface area contributed by atoms with Crippen LogP contribution in [0.15, 0.2) is 12.2 Å². The Morgan fingerprint density at radius 1 is 0.493 bits per heavy atom. The number of hydrogen-bond donors (Lipinski definition) is 9. The number of unbranched alkanes of at least 4 members (excludes halogenated alkanes) is 34. The minimum absolute atomic E-state index is 0.244. The predicted octanol–water partition coefficient (Wildman–Crippen LogP) is 9.50. The van der Waals surface area contributed by atoms with Crippen molar-refractivity contribution in [3.8, 4) is 0 Å². The number of amides is 1. The van der Waals surface area contributed by atoms with Crippen molar-refractivity contribution in [2.75, 3.05) is 19.8 Å². The molecule has 0 bridgehead atoms. The summed E-state index contributed by atoms with van der Waals surface area (Å²) in [6.45, 7) is 2.76. The molecular weight excluding hydrogens is 907 g/mol. The van der Waals surface area contributed by atoms with Crippen LogP contribution in [-0.4, -0.2) is 140 Å². The van der Waals surface area contributed by atoms with Gasteiger partial charge >= 0.3 is 0 Å². The summed E-state index contributed by atoms with van der Waals surface area (Å²) < 4.78 is 22.7. The van der Waals surface area contributed by atoms with Gasteiger partial charge in [0.05, 0.1) is 32.0 Å². The third-order valence-corrected chi connectivity index (χ3v) is 14.7. The molecule has 14 nitrogen and oxygen atoms in total. The summed E-state index contributed by atoms with van der Waals surface area (Å²) in [6, 6.07) is -0.907. The molecule has 2 aliphatic rings. The van der Waals surface area contributed by atoms with E-state index in [2.05, 4.69) is 19.2 Å². The molecule has 420 valence electrons. The van der Waals surface area contributed by atoms with Crippen LogP contribution >= 0.6 is 0 Å². The number of aliphatic hydroxyl groups excluding tert-OH is 8. The predicted molar refractivity (Wildman–Crippen MR) is 282 cm³/mol. The van der Waals surface area contributed by atoms with Crippen LogP contribution in [0.3, 0.4) is 0 Å². The minimum atomic E-state index is -1.78. The van der Waals surface area contributed by atoms with Crippen molar-refractivity contribution in [1.29, 1.82) is 0 Å². The highest BCUT2D eigenvalue weighted by atomic mass is 16.7. The first-order valence-electron chi connectivity index (χ1n) is 29.4. The van der Waals surface area contributed by atoms with Crippen LogP contribution in [0.4, 0.5) is 0 Å². The van der Waals surface area contributed by atoms with Crippen molar-refractivity contribution >= 4 is 5.91 Å². The van der Waals surface area contributed by atoms with E-state index in [1.54, 1.807) is 6.08 Å². The number of carbonyl (C=O) groups is 1. The van der Waals surface area contributed by atoms with E-state index in [1.165, 1.54) is 186 Å². The summed E-state index contributed by atoms with van der Waals surface area (Å²) in [5.74, 6) is -0.244. The lowest BCUT2D eigenvalue weighted by Crippen LogP contribution is -2.65. The largest absolute Gasteiger partial charge is 0.394 e. The van der Waals surface area contributed by atoms with Gasteiger partial charge in [-0.05, 0) is 19.3 Å². The van der Waals surface area contributed by atoms with E-state index in [1.807, 2.05) is 6.08 Å². The highest BCUT2D eigenvalue weighted by Gasteiger charge is 2.51. The van der Waals surface area contributed by atoms with Crippen molar-refractivity contribution in [3.05, 3.63) is 12.2 Å². The Morgan fingerprint density at radius 3 is 1.30 bits per heavy atom. The standard InChI is InChI=1S/C57H109NO13/c1-3-5-7-9-11-12-13-14-15-16-17-18-19-20-21-22-23-24-25-26-27-28-29-30-31-32-33-35-36-38-40-46(61)45(58-49(62)41-39-37-34-10-8-6-4-2)44-68-56-54(67)52(65)55(48(43-60)70-56)71-57-53(66)51(64)50(63)47(42-59)69-57/h38,40,45-48,50-57,59-61,63-67H,3-37,39,41-44H2,1-2H3,(H,58,62)/b40-38+. The van der Waals surface area contributed by atoms with E-state index in [9.17, 15) is 45.6 Å². The molecule has 0 aromatic heterocycles. The average molecular weight is 1020 g/mol. The first-order valence-corrected chi connectivity index (χ1v) is 29.4. The summed E-state index contributed by atoms with van der Waals surface area (Å²) in [5.41, 5.74) is 0. The lowest BCUT2D eigenvalue weighted by molar-refractivity contribution is -0.359. The van der Waals surface area contributed by atoms with E-state index in [-0.39, 0.29) is 18.9 Å². The molecule has 0 spiro atoms. The van der Waals surface area contributed by atoms with Crippen molar-refractivity contribution < 1.29 is 64.6 Å². The fourth-order valence-electron chi connectivity index (χ4n) is 9.94. The zero-order valence-corrected chi connectivity index (χ0v) is 45.0. The van der Waals surface area contributed by atoms with E-state index in [0.717, 1.165) is 38.5 Å². The van der Waals surface area contributed by atoms with Gasteiger partial charge in [-0.2, -0.15) is 0 Å². The van der Waals surface area contributed by atoms with Crippen molar-refractivity contribution in [3.63, 3.8) is 0 Å². The molecule has 2 saturated heterocycles. The second kappa shape index (κ2) is 43.9. The molecule has 0 aromatic carbocycles. The van der Waals surface area contributed by atoms with Crippen LogP contribution in [-0.2, 0) is 23.7 Å². The summed E-state index contributed by atoms with van der Waals surface area (Å²) >= 11 is 0. The number of aliphatic hydroxyl groups is 8. The Labute approximate surface area is 431 Å². The van der Waals surface area contributed by atoms with Gasteiger partial charge in [0.1, 0.15) is 48.8 Å². The third-order valence-electron chi connectivity index (χ3n) is 14.7. The molecule has 14 heteroatoms. The van der Waals surface area contributed by atoms with E-state index < -0.39 is 86.8 Å². The van der Waals surface area contributed by atoms with Gasteiger partial charge in [0, 0.05) is 6.42 Å². The summed E-state index contributed by atoms with van der Waals surface area (Å²) in [4.78, 5) is 13.1. The van der Waals surface area contributed by atoms with Gasteiger partial charge in [-0.3, -0.25) is 4.79 Å². The maximum atomic E-state index is 13.1. The van der Waals surface area contributed by atoms with Crippen LogP contribution in [0.2, 0.25) is 0 Å². The number of carbonyl (C=O) groups excluding carboxylic acids is 1. The quantitative estimate of drug-likeness (QED) is 0.0205. The maximum Gasteiger partial charge on any atom is 0.220 e. The van der Waals surface area contributed by atoms with Gasteiger partial charge in [-0.25, -0.2) is 0 Å². The summed E-state index contributed by atoms with van der Waals surface area (Å²) in [6.07, 6.45) is 33.1. The molecule has 0 radical (unpaired) electrons. The molecule has 2 aliphatic heterocycles. The Balaban J connectivity index is 1.63. The average Bonchev–Trinajstić information content (AvgIpc) is 3.37. The van der Waals surface area contributed by atoms with E-state index in [0.29, 0.717) is 6.42 Å². The molecular formula is C57H109NO13. The Kier molecular flexibility index (Phi) is 40.7. The molecule has 12 unspecified atom stereocenters. The van der Waals surface area contributed by atoms with Gasteiger partial charge in [0.25, 0.3) is 0 Å². The summed E-state index contributed by atoms with van der Waals surface area (Å²) in [7, 11) is 0. The third kappa shape index (κ3) is 30.2. The Morgan fingerprint density at radius 2 is 0.873 bits per heavy atom. The van der Waals surface area contributed by atoms with Gasteiger partial charge in [-0.1, -0.05) is 238 Å². The Bertz CT molecular complexity index is 1240. The zero-order chi connectivity index (χ0) is 51.7. The Hall–Kier alpha value is -1.27. The molecule has 71 heavy (non-hydrogen) atoms. The van der Waals surface area contributed by atoms with Crippen LogP contribution in [0.5, 0.6) is 0 Å². The van der Waals surface area contributed by atoms with Gasteiger partial charge in [0.15, 0.2) is 12.6 Å². The molecule has 0 saturated carbocycles. The second-order valence-corrected chi connectivity index (χ2v) is 21.1. The number of ether oxygens (including phenoxy) is 4. The highest BCUT2D eigenvalue weighted by Crippen LogP contribution is 2.30. The van der Waals surface area contributed by atoms with Crippen LogP contribution in [0.25, 0.3) is 0 Å². The van der Waals surface area contributed by atoms with Crippen LogP contribution in [0.1, 0.15) is 251 Å². The van der Waals surface area contributed by atoms with Crippen molar-refractivity contribution in [2.45, 2.75) is 325 Å². The molecule has 12 atom stereocenters. The number of hydrogen-bond acceptors (Lipinski definition) is 13. The lowest BCUT2D eigenvalue weighted by atomic mass is 9.97. The first-order chi connectivity index (χ1) is 34.6. The smallest absolute Gasteiger partial charge is 0.220 e. The van der Waals surface area contributed by atoms with E-state index in [4.69, 9.17) is 18.9 Å². The lowest BCUT2D eigenvalue weighted by Gasteiger charge is -2.46. The normalized spacial score (nSPS) is 25.8. The van der Waals surface area contributed by atoms with Gasteiger partial charge < -0.3 is 65.1 Å². The molecule has 2 heterocycles. The van der Waals surface area contributed by atoms with Crippen LogP contribution in [0, 0.1) is 0 Å². The second-order valence-electron chi connectivity index (χ2n) is 21.1. The fourth-order valence-corrected chi connectivity index (χ4v) is 9.94. The molecule has 0 aliphatic carbocycles. The van der Waals surface area contributed by atoms with Crippen molar-refractivity contribution in [2.24, 2.45) is 0 Å². The topological polar surface area (TPSA) is 228 Å². The van der Waals surface area contributed by atoms with Gasteiger partial charge in [0.2, 0.25) is 5.91 Å². The summed E-state index contributed by atoms with van der Waals surface area (Å²) in [5, 5.41) is 86.7.